The summed E-state index contributed by atoms with van der Waals surface area (Å²) in [6, 6.07) is 9.72. The van der Waals surface area contributed by atoms with Gasteiger partial charge >= 0.3 is 0 Å². The van der Waals surface area contributed by atoms with E-state index in [1.807, 2.05) is 31.2 Å². The van der Waals surface area contributed by atoms with Crippen LogP contribution in [0.2, 0.25) is 0 Å². The van der Waals surface area contributed by atoms with Crippen LogP contribution in [0.3, 0.4) is 0 Å². The molecule has 0 aliphatic rings. The third-order valence-electron chi connectivity index (χ3n) is 3.29. The molecule has 2 rings (SSSR count). The standard InChI is InChI=1S/C17H17F3N2O/c1-11-2-4-12(5-3-11)10-21-9-8-15(23)22-14-7-6-13(18)16(19)17(14)20/h2-7,21H,8-10H2,1H3,(H,22,23). The SMILES string of the molecule is Cc1ccc(CNCCC(=O)Nc2ccc(F)c(F)c2F)cc1. The number of carbonyl (C=O) groups is 1. The Kier molecular flexibility index (Phi) is 5.76. The molecule has 0 atom stereocenters. The number of carbonyl (C=O) groups excluding carboxylic acids is 1. The van der Waals surface area contributed by atoms with Gasteiger partial charge in [0.15, 0.2) is 17.5 Å². The second kappa shape index (κ2) is 7.78. The maximum absolute atomic E-state index is 13.4. The zero-order valence-electron chi connectivity index (χ0n) is 12.6. The van der Waals surface area contributed by atoms with Gasteiger partial charge in [0.25, 0.3) is 0 Å². The Morgan fingerprint density at radius 2 is 1.70 bits per heavy atom. The fraction of sp³-hybridized carbons (Fsp3) is 0.235. The van der Waals surface area contributed by atoms with Crippen LogP contribution < -0.4 is 10.6 Å². The lowest BCUT2D eigenvalue weighted by Gasteiger charge is -2.08. The Bertz CT molecular complexity index is 687. The van der Waals surface area contributed by atoms with Gasteiger partial charge in [0, 0.05) is 19.5 Å². The summed E-state index contributed by atoms with van der Waals surface area (Å²) in [7, 11) is 0. The molecule has 2 aromatic carbocycles. The Morgan fingerprint density at radius 3 is 2.39 bits per heavy atom. The minimum Gasteiger partial charge on any atom is -0.323 e. The molecule has 0 saturated heterocycles. The van der Waals surface area contributed by atoms with Gasteiger partial charge in [-0.25, -0.2) is 13.2 Å². The average Bonchev–Trinajstić information content (AvgIpc) is 2.54. The molecule has 0 radical (unpaired) electrons. The molecule has 1 amide bonds. The number of aryl methyl sites for hydroxylation is 1. The molecule has 0 spiro atoms. The number of hydrogen-bond acceptors (Lipinski definition) is 2. The lowest BCUT2D eigenvalue weighted by Crippen LogP contribution is -2.22. The monoisotopic (exact) mass is 322 g/mol. The summed E-state index contributed by atoms with van der Waals surface area (Å²) in [6.45, 7) is 2.98. The van der Waals surface area contributed by atoms with Crippen molar-refractivity contribution in [2.75, 3.05) is 11.9 Å². The number of anilines is 1. The fourth-order valence-electron chi connectivity index (χ4n) is 1.98. The van der Waals surface area contributed by atoms with E-state index in [4.69, 9.17) is 0 Å². The number of benzene rings is 2. The van der Waals surface area contributed by atoms with Crippen molar-refractivity contribution in [1.29, 1.82) is 0 Å². The number of amides is 1. The summed E-state index contributed by atoms with van der Waals surface area (Å²) in [6.07, 6.45) is 0.0876. The Morgan fingerprint density at radius 1 is 1.00 bits per heavy atom. The van der Waals surface area contributed by atoms with Gasteiger partial charge in [0.05, 0.1) is 5.69 Å². The number of hydrogen-bond donors (Lipinski definition) is 2. The number of rotatable bonds is 6. The molecule has 0 fully saturated rings. The molecule has 0 aliphatic heterocycles. The molecule has 2 N–H and O–H groups in total. The van der Waals surface area contributed by atoms with Crippen molar-refractivity contribution in [3.8, 4) is 0 Å². The van der Waals surface area contributed by atoms with Gasteiger partial charge in [-0.2, -0.15) is 0 Å². The lowest BCUT2D eigenvalue weighted by molar-refractivity contribution is -0.116. The lowest BCUT2D eigenvalue weighted by atomic mass is 10.1. The highest BCUT2D eigenvalue weighted by atomic mass is 19.2. The van der Waals surface area contributed by atoms with Crippen LogP contribution in [0.5, 0.6) is 0 Å². The number of halogens is 3. The largest absolute Gasteiger partial charge is 0.323 e. The van der Waals surface area contributed by atoms with Crippen molar-refractivity contribution in [2.24, 2.45) is 0 Å². The summed E-state index contributed by atoms with van der Waals surface area (Å²) in [5.41, 5.74) is 1.89. The van der Waals surface area contributed by atoms with E-state index < -0.39 is 23.4 Å². The summed E-state index contributed by atoms with van der Waals surface area (Å²) < 4.78 is 39.3. The van der Waals surface area contributed by atoms with Crippen molar-refractivity contribution < 1.29 is 18.0 Å². The smallest absolute Gasteiger partial charge is 0.225 e. The normalized spacial score (nSPS) is 10.6. The molecule has 0 unspecified atom stereocenters. The van der Waals surface area contributed by atoms with E-state index >= 15 is 0 Å². The first-order valence-electron chi connectivity index (χ1n) is 7.17. The Balaban J connectivity index is 1.77. The second-order valence-electron chi connectivity index (χ2n) is 5.18. The van der Waals surface area contributed by atoms with E-state index in [1.54, 1.807) is 0 Å². The molecule has 23 heavy (non-hydrogen) atoms. The van der Waals surface area contributed by atoms with Crippen molar-refractivity contribution in [3.05, 3.63) is 65.0 Å². The van der Waals surface area contributed by atoms with E-state index in [0.29, 0.717) is 13.1 Å². The first-order chi connectivity index (χ1) is 11.0. The summed E-state index contributed by atoms with van der Waals surface area (Å²) in [5, 5.41) is 5.31. The molecule has 0 bridgehead atoms. The molecule has 6 heteroatoms. The van der Waals surface area contributed by atoms with Crippen molar-refractivity contribution >= 4 is 11.6 Å². The van der Waals surface area contributed by atoms with Crippen LogP contribution in [0.15, 0.2) is 36.4 Å². The van der Waals surface area contributed by atoms with E-state index in [0.717, 1.165) is 17.7 Å². The second-order valence-corrected chi connectivity index (χ2v) is 5.18. The topological polar surface area (TPSA) is 41.1 Å². The molecular weight excluding hydrogens is 305 g/mol. The highest BCUT2D eigenvalue weighted by Gasteiger charge is 2.14. The first kappa shape index (κ1) is 17.0. The first-order valence-corrected chi connectivity index (χ1v) is 7.17. The van der Waals surface area contributed by atoms with Gasteiger partial charge in [-0.15, -0.1) is 0 Å². The third kappa shape index (κ3) is 4.82. The zero-order chi connectivity index (χ0) is 16.8. The summed E-state index contributed by atoms with van der Waals surface area (Å²) >= 11 is 0. The molecule has 3 nitrogen and oxygen atoms in total. The van der Waals surface area contributed by atoms with E-state index in [9.17, 15) is 18.0 Å². The summed E-state index contributed by atoms with van der Waals surface area (Å²) in [4.78, 5) is 11.7. The quantitative estimate of drug-likeness (QED) is 0.631. The van der Waals surface area contributed by atoms with Gasteiger partial charge < -0.3 is 10.6 Å². The highest BCUT2D eigenvalue weighted by Crippen LogP contribution is 2.19. The third-order valence-corrected chi connectivity index (χ3v) is 3.29. The predicted octanol–water partition coefficient (Wildman–Crippen LogP) is 3.53. The van der Waals surface area contributed by atoms with Gasteiger partial charge in [0.1, 0.15) is 0 Å². The average molecular weight is 322 g/mol. The van der Waals surface area contributed by atoms with Crippen LogP contribution in [0, 0.1) is 24.4 Å². The molecule has 0 aliphatic carbocycles. The highest BCUT2D eigenvalue weighted by molar-refractivity contribution is 5.90. The molecule has 2 aromatic rings. The van der Waals surface area contributed by atoms with Crippen molar-refractivity contribution in [2.45, 2.75) is 19.9 Å². The van der Waals surface area contributed by atoms with Crippen molar-refractivity contribution in [1.82, 2.24) is 5.32 Å². The van der Waals surface area contributed by atoms with E-state index in [-0.39, 0.29) is 12.1 Å². The van der Waals surface area contributed by atoms with Crippen LogP contribution in [0.25, 0.3) is 0 Å². The van der Waals surface area contributed by atoms with Crippen LogP contribution >= 0.6 is 0 Å². The molecule has 0 saturated carbocycles. The van der Waals surface area contributed by atoms with E-state index in [1.165, 1.54) is 5.56 Å². The number of nitrogens with one attached hydrogen (secondary N) is 2. The van der Waals surface area contributed by atoms with Gasteiger partial charge in [0.2, 0.25) is 5.91 Å². The van der Waals surface area contributed by atoms with Crippen LogP contribution in [0.4, 0.5) is 18.9 Å². The maximum atomic E-state index is 13.4. The fourth-order valence-corrected chi connectivity index (χ4v) is 1.98. The van der Waals surface area contributed by atoms with Gasteiger partial charge in [-0.3, -0.25) is 4.79 Å². The Hall–Kier alpha value is -2.34. The van der Waals surface area contributed by atoms with Crippen LogP contribution in [-0.4, -0.2) is 12.5 Å². The minimum atomic E-state index is -1.60. The minimum absolute atomic E-state index is 0.0876. The predicted molar refractivity (Wildman–Crippen MR) is 82.4 cm³/mol. The van der Waals surface area contributed by atoms with Crippen LogP contribution in [0.1, 0.15) is 17.5 Å². The Labute approximate surface area is 132 Å². The van der Waals surface area contributed by atoms with Gasteiger partial charge in [-0.1, -0.05) is 29.8 Å². The zero-order valence-corrected chi connectivity index (χ0v) is 12.6. The maximum Gasteiger partial charge on any atom is 0.225 e. The van der Waals surface area contributed by atoms with E-state index in [2.05, 4.69) is 10.6 Å². The molecular formula is C17H17F3N2O. The summed E-state index contributed by atoms with van der Waals surface area (Å²) in [5.74, 6) is -4.77. The van der Waals surface area contributed by atoms with Gasteiger partial charge in [-0.05, 0) is 24.6 Å². The molecule has 122 valence electrons. The van der Waals surface area contributed by atoms with Crippen molar-refractivity contribution in [3.63, 3.8) is 0 Å². The molecule has 0 heterocycles. The van der Waals surface area contributed by atoms with Crippen LogP contribution in [-0.2, 0) is 11.3 Å². The molecule has 0 aromatic heterocycles.